The number of cyclic esters (lactones) is 1. The van der Waals surface area contributed by atoms with Crippen LogP contribution in [-0.4, -0.2) is 71.5 Å². The van der Waals surface area contributed by atoms with Gasteiger partial charge in [-0.3, -0.25) is 4.90 Å². The Labute approximate surface area is 160 Å². The number of amides is 2. The predicted octanol–water partition coefficient (Wildman–Crippen LogP) is 0.881. The Morgan fingerprint density at radius 1 is 1.29 bits per heavy atom. The van der Waals surface area contributed by atoms with E-state index in [4.69, 9.17) is 4.74 Å². The molecule has 0 saturated carbocycles. The van der Waals surface area contributed by atoms with Gasteiger partial charge < -0.3 is 19.7 Å². The Kier molecular flexibility index (Phi) is 5.59. The summed E-state index contributed by atoms with van der Waals surface area (Å²) < 4.78 is 61.7. The number of methoxy groups -OCH3 is 1. The summed E-state index contributed by atoms with van der Waals surface area (Å²) in [5.41, 5.74) is -0.357. The van der Waals surface area contributed by atoms with E-state index in [-0.39, 0.29) is 49.1 Å². The molecule has 0 radical (unpaired) electrons. The third-order valence-electron chi connectivity index (χ3n) is 4.51. The number of nitrogens with one attached hydrogen (secondary N) is 1. The summed E-state index contributed by atoms with van der Waals surface area (Å²) in [6.45, 7) is -0.0473. The van der Waals surface area contributed by atoms with Crippen molar-refractivity contribution in [1.82, 2.24) is 5.32 Å². The Bertz CT molecular complexity index is 857. The van der Waals surface area contributed by atoms with Gasteiger partial charge in [-0.05, 0) is 0 Å². The molecule has 2 aliphatic rings. The summed E-state index contributed by atoms with van der Waals surface area (Å²) in [6, 6.07) is 2.00. The fraction of sp³-hybridized carbons (Fsp3) is 0.500. The van der Waals surface area contributed by atoms with Gasteiger partial charge in [0, 0.05) is 25.2 Å². The number of hydrogen-bond donors (Lipinski definition) is 1. The first-order valence-corrected chi connectivity index (χ1v) is 10.3. The second-order valence-electron chi connectivity index (χ2n) is 6.39. The van der Waals surface area contributed by atoms with Crippen LogP contribution in [0, 0.1) is 11.6 Å². The van der Waals surface area contributed by atoms with Crippen LogP contribution in [0.5, 0.6) is 0 Å². The SMILES string of the molecule is COC(=O)NC[C@H]1CN(c2cc(F)c(N3CCS(=O)(=O)CC3)c(F)c2)C(=O)O1. The number of halogens is 2. The van der Waals surface area contributed by atoms with Gasteiger partial charge in [-0.15, -0.1) is 0 Å². The van der Waals surface area contributed by atoms with Gasteiger partial charge in [0.25, 0.3) is 0 Å². The predicted molar refractivity (Wildman–Crippen MR) is 95.2 cm³/mol. The highest BCUT2D eigenvalue weighted by atomic mass is 32.2. The number of sulfone groups is 1. The number of alkyl carbamates (subject to hydrolysis) is 1. The smallest absolute Gasteiger partial charge is 0.414 e. The third-order valence-corrected chi connectivity index (χ3v) is 6.12. The van der Waals surface area contributed by atoms with Crippen LogP contribution in [0.4, 0.5) is 29.7 Å². The van der Waals surface area contributed by atoms with E-state index in [1.165, 1.54) is 12.0 Å². The second kappa shape index (κ2) is 7.78. The standard InChI is InChI=1S/C16H19F2N3O6S/c1-26-15(22)19-8-11-9-21(16(23)27-11)10-6-12(17)14(13(18)7-10)20-2-4-28(24,25)5-3-20/h6-7,11H,2-5,8-9H2,1H3,(H,19,22)/t11-/m0/s1. The molecule has 9 nitrogen and oxygen atoms in total. The molecule has 12 heteroatoms. The van der Waals surface area contributed by atoms with E-state index in [1.807, 2.05) is 0 Å². The summed E-state index contributed by atoms with van der Waals surface area (Å²) >= 11 is 0. The van der Waals surface area contributed by atoms with Gasteiger partial charge in [0.2, 0.25) is 0 Å². The largest absolute Gasteiger partial charge is 0.453 e. The summed E-state index contributed by atoms with van der Waals surface area (Å²) in [4.78, 5) is 25.5. The fourth-order valence-electron chi connectivity index (χ4n) is 3.05. The van der Waals surface area contributed by atoms with Crippen LogP contribution in [-0.2, 0) is 19.3 Å². The van der Waals surface area contributed by atoms with E-state index in [0.717, 1.165) is 17.0 Å². The Hall–Kier alpha value is -2.63. The van der Waals surface area contributed by atoms with E-state index >= 15 is 0 Å². The van der Waals surface area contributed by atoms with E-state index in [1.54, 1.807) is 0 Å². The van der Waals surface area contributed by atoms with Crippen molar-refractivity contribution in [3.05, 3.63) is 23.8 Å². The topological polar surface area (TPSA) is 105 Å². The highest BCUT2D eigenvalue weighted by Crippen LogP contribution is 2.31. The zero-order chi connectivity index (χ0) is 20.5. The van der Waals surface area contributed by atoms with Crippen molar-refractivity contribution in [3.8, 4) is 0 Å². The van der Waals surface area contributed by atoms with Crippen molar-refractivity contribution in [2.24, 2.45) is 0 Å². The highest BCUT2D eigenvalue weighted by molar-refractivity contribution is 7.91. The Morgan fingerprint density at radius 2 is 1.89 bits per heavy atom. The Morgan fingerprint density at radius 3 is 2.46 bits per heavy atom. The maximum Gasteiger partial charge on any atom is 0.414 e. The highest BCUT2D eigenvalue weighted by Gasteiger charge is 2.34. The van der Waals surface area contributed by atoms with Crippen molar-refractivity contribution < 1.29 is 36.3 Å². The average Bonchev–Trinajstić information content (AvgIpc) is 3.01. The van der Waals surface area contributed by atoms with Gasteiger partial charge in [0.15, 0.2) is 21.5 Å². The van der Waals surface area contributed by atoms with Gasteiger partial charge in [-0.1, -0.05) is 0 Å². The first kappa shape index (κ1) is 20.1. The molecule has 0 unspecified atom stereocenters. The molecule has 2 fully saturated rings. The van der Waals surface area contributed by atoms with Gasteiger partial charge in [-0.25, -0.2) is 26.8 Å². The molecule has 1 N–H and O–H groups in total. The van der Waals surface area contributed by atoms with Crippen LogP contribution in [0.3, 0.4) is 0 Å². The molecule has 1 aromatic rings. The minimum Gasteiger partial charge on any atom is -0.453 e. The maximum atomic E-state index is 14.6. The number of rotatable bonds is 4. The monoisotopic (exact) mass is 419 g/mol. The molecule has 2 aliphatic heterocycles. The quantitative estimate of drug-likeness (QED) is 0.772. The molecule has 0 spiro atoms. The van der Waals surface area contributed by atoms with Crippen LogP contribution in [0.2, 0.25) is 0 Å². The van der Waals surface area contributed by atoms with Crippen LogP contribution in [0.1, 0.15) is 0 Å². The lowest BCUT2D eigenvalue weighted by atomic mass is 10.2. The molecule has 2 amide bonds. The minimum absolute atomic E-state index is 0.0109. The average molecular weight is 419 g/mol. The number of anilines is 2. The summed E-state index contributed by atoms with van der Waals surface area (Å²) in [7, 11) is -2.00. The number of carbonyl (C=O) groups is 2. The lowest BCUT2D eigenvalue weighted by molar-refractivity contribution is 0.132. The number of hydrogen-bond acceptors (Lipinski definition) is 7. The number of nitrogens with zero attached hydrogens (tertiary/aromatic N) is 2. The minimum atomic E-state index is -3.19. The van der Waals surface area contributed by atoms with Gasteiger partial charge in [0.05, 0.1) is 37.4 Å². The van der Waals surface area contributed by atoms with Gasteiger partial charge in [-0.2, -0.15) is 0 Å². The summed E-state index contributed by atoms with van der Waals surface area (Å²) in [6.07, 6.45) is -2.20. The van der Waals surface area contributed by atoms with E-state index in [9.17, 15) is 26.8 Å². The lowest BCUT2D eigenvalue weighted by Crippen LogP contribution is -2.41. The van der Waals surface area contributed by atoms with E-state index in [2.05, 4.69) is 10.1 Å². The second-order valence-corrected chi connectivity index (χ2v) is 8.69. The molecule has 0 bridgehead atoms. The van der Waals surface area contributed by atoms with Gasteiger partial charge in [0.1, 0.15) is 11.8 Å². The molecule has 1 atom stereocenters. The summed E-state index contributed by atoms with van der Waals surface area (Å²) in [5, 5.41) is 2.38. The van der Waals surface area contributed by atoms with Gasteiger partial charge >= 0.3 is 12.2 Å². The van der Waals surface area contributed by atoms with E-state index in [0.29, 0.717) is 0 Å². The zero-order valence-corrected chi connectivity index (χ0v) is 15.8. The number of carbonyl (C=O) groups excluding carboxylic acids is 2. The van der Waals surface area contributed by atoms with Crippen molar-refractivity contribution in [2.45, 2.75) is 6.10 Å². The van der Waals surface area contributed by atoms with Crippen molar-refractivity contribution in [2.75, 3.05) is 54.6 Å². The van der Waals surface area contributed by atoms with Crippen LogP contribution < -0.4 is 15.1 Å². The number of benzene rings is 1. The Balaban J connectivity index is 1.74. The van der Waals surface area contributed by atoms with Crippen LogP contribution in [0.25, 0.3) is 0 Å². The molecule has 3 rings (SSSR count). The van der Waals surface area contributed by atoms with Crippen molar-refractivity contribution >= 4 is 33.4 Å². The molecule has 1 aromatic carbocycles. The maximum absolute atomic E-state index is 14.6. The van der Waals surface area contributed by atoms with Crippen LogP contribution >= 0.6 is 0 Å². The normalized spacial score (nSPS) is 21.4. The molecule has 2 saturated heterocycles. The number of ether oxygens (including phenoxy) is 2. The third kappa shape index (κ3) is 4.26. The molecular weight excluding hydrogens is 400 g/mol. The fourth-order valence-corrected chi connectivity index (χ4v) is 4.26. The first-order valence-electron chi connectivity index (χ1n) is 8.44. The zero-order valence-electron chi connectivity index (χ0n) is 15.0. The van der Waals surface area contributed by atoms with E-state index < -0.39 is 39.8 Å². The summed E-state index contributed by atoms with van der Waals surface area (Å²) in [5.74, 6) is -2.17. The van der Waals surface area contributed by atoms with Crippen LogP contribution in [0.15, 0.2) is 12.1 Å². The lowest BCUT2D eigenvalue weighted by Gasteiger charge is -2.29. The molecule has 2 heterocycles. The molecule has 154 valence electrons. The molecular formula is C16H19F2N3O6S. The molecule has 0 aromatic heterocycles. The molecule has 28 heavy (non-hydrogen) atoms. The molecule has 0 aliphatic carbocycles. The first-order chi connectivity index (χ1) is 13.2. The van der Waals surface area contributed by atoms with Crippen molar-refractivity contribution in [1.29, 1.82) is 0 Å². The van der Waals surface area contributed by atoms with Crippen molar-refractivity contribution in [3.63, 3.8) is 0 Å².